The number of aliphatic hydroxyl groups excluding tert-OH is 2. The maximum absolute atomic E-state index is 15.1. The Morgan fingerprint density at radius 2 is 2.03 bits per heavy atom. The van der Waals surface area contributed by atoms with Crippen LogP contribution in [0.3, 0.4) is 0 Å². The van der Waals surface area contributed by atoms with E-state index in [-0.39, 0.29) is 29.8 Å². The second kappa shape index (κ2) is 13.2. The summed E-state index contributed by atoms with van der Waals surface area (Å²) in [5.74, 6) is -0.00265. The zero-order chi connectivity index (χ0) is 28.1. The minimum atomic E-state index is -0.762. The molecular formula is C30H41FN2O6. The Bertz CT molecular complexity index is 1120. The second-order valence-corrected chi connectivity index (χ2v) is 10.8. The van der Waals surface area contributed by atoms with Gasteiger partial charge in [0.25, 0.3) is 0 Å². The molecule has 1 saturated heterocycles. The summed E-state index contributed by atoms with van der Waals surface area (Å²) in [6.45, 7) is 3.05. The first-order valence-electron chi connectivity index (χ1n) is 13.7. The van der Waals surface area contributed by atoms with Gasteiger partial charge in [0.05, 0.1) is 32.0 Å². The molecule has 2 fully saturated rings. The van der Waals surface area contributed by atoms with Gasteiger partial charge >= 0.3 is 0 Å². The van der Waals surface area contributed by atoms with Crippen LogP contribution in [0.25, 0.3) is 11.1 Å². The number of nitrogens with zero attached hydrogens (tertiary/aromatic N) is 1. The highest BCUT2D eigenvalue weighted by atomic mass is 19.1. The molecule has 0 spiro atoms. The van der Waals surface area contributed by atoms with Crippen molar-refractivity contribution in [3.63, 3.8) is 0 Å². The maximum atomic E-state index is 15.1. The van der Waals surface area contributed by atoms with Crippen molar-refractivity contribution in [2.45, 2.75) is 69.5 Å². The predicted molar refractivity (Wildman–Crippen MR) is 146 cm³/mol. The Morgan fingerprint density at radius 3 is 2.72 bits per heavy atom. The number of aliphatic hydroxyl groups is 2. The van der Waals surface area contributed by atoms with E-state index in [9.17, 15) is 15.0 Å². The number of benzene rings is 2. The topological polar surface area (TPSA) is 114 Å². The number of carbonyl (C=O) groups excluding carboxylic acids is 1. The molecule has 6 unspecified atom stereocenters. The maximum Gasteiger partial charge on any atom is 0.226 e. The monoisotopic (exact) mass is 544 g/mol. The van der Waals surface area contributed by atoms with E-state index in [1.54, 1.807) is 25.2 Å². The van der Waals surface area contributed by atoms with Crippen LogP contribution in [-0.4, -0.2) is 79.3 Å². The fourth-order valence-corrected chi connectivity index (χ4v) is 5.84. The highest BCUT2D eigenvalue weighted by Crippen LogP contribution is 2.37. The molecule has 1 aliphatic heterocycles. The van der Waals surface area contributed by atoms with Crippen LogP contribution < -0.4 is 10.5 Å². The molecule has 4 N–H and O–H groups in total. The van der Waals surface area contributed by atoms with Crippen LogP contribution in [0, 0.1) is 18.7 Å². The third kappa shape index (κ3) is 6.96. The fraction of sp³-hybridized carbons (Fsp3) is 0.567. The number of hydrogen-bond acceptors (Lipinski definition) is 7. The number of carbonyl (C=O) groups is 1. The number of rotatable bonds is 10. The predicted octanol–water partition coefficient (Wildman–Crippen LogP) is 3.35. The third-order valence-electron chi connectivity index (χ3n) is 7.98. The summed E-state index contributed by atoms with van der Waals surface area (Å²) in [6, 6.07) is 10.3. The van der Waals surface area contributed by atoms with Crippen LogP contribution in [0.15, 0.2) is 36.4 Å². The second-order valence-electron chi connectivity index (χ2n) is 10.8. The van der Waals surface area contributed by atoms with E-state index in [1.807, 2.05) is 31.2 Å². The Labute approximate surface area is 229 Å². The first-order chi connectivity index (χ1) is 18.7. The lowest BCUT2D eigenvalue weighted by Gasteiger charge is -2.36. The van der Waals surface area contributed by atoms with Gasteiger partial charge in [0.2, 0.25) is 5.91 Å². The van der Waals surface area contributed by atoms with Gasteiger partial charge in [-0.1, -0.05) is 18.2 Å². The Kier molecular flexibility index (Phi) is 9.96. The summed E-state index contributed by atoms with van der Waals surface area (Å²) in [6.07, 6.45) is 0.198. The van der Waals surface area contributed by atoms with Crippen LogP contribution in [-0.2, 0) is 14.3 Å². The highest BCUT2D eigenvalue weighted by molar-refractivity contribution is 5.79. The summed E-state index contributed by atoms with van der Waals surface area (Å²) in [5, 5.41) is 20.8. The van der Waals surface area contributed by atoms with Crippen LogP contribution in [0.5, 0.6) is 5.75 Å². The fourth-order valence-electron chi connectivity index (χ4n) is 5.84. The number of hydrogen-bond donors (Lipinski definition) is 3. The van der Waals surface area contributed by atoms with Gasteiger partial charge in [0, 0.05) is 37.7 Å². The Balaban J connectivity index is 1.38. The van der Waals surface area contributed by atoms with Gasteiger partial charge in [0.15, 0.2) is 0 Å². The number of nitrogens with two attached hydrogens (primary N) is 1. The Hall–Kier alpha value is -2.56. The molecule has 0 bridgehead atoms. The van der Waals surface area contributed by atoms with Gasteiger partial charge in [0.1, 0.15) is 17.7 Å². The number of amides is 1. The van der Waals surface area contributed by atoms with Crippen molar-refractivity contribution in [3.05, 3.63) is 53.3 Å². The largest absolute Gasteiger partial charge is 0.497 e. The van der Waals surface area contributed by atoms with Gasteiger partial charge in [-0.15, -0.1) is 0 Å². The van der Waals surface area contributed by atoms with Crippen LogP contribution in [0.4, 0.5) is 4.39 Å². The zero-order valence-electron chi connectivity index (χ0n) is 23.0. The van der Waals surface area contributed by atoms with Crippen molar-refractivity contribution >= 4 is 5.91 Å². The zero-order valence-corrected chi connectivity index (χ0v) is 23.0. The number of ether oxygens (including phenoxy) is 3. The number of halogens is 1. The lowest BCUT2D eigenvalue weighted by molar-refractivity contribution is -0.148. The van der Waals surface area contributed by atoms with Gasteiger partial charge in [-0.25, -0.2) is 4.39 Å². The summed E-state index contributed by atoms with van der Waals surface area (Å²) in [7, 11) is 3.19. The smallest absolute Gasteiger partial charge is 0.226 e. The van der Waals surface area contributed by atoms with Crippen molar-refractivity contribution in [1.82, 2.24) is 4.90 Å². The van der Waals surface area contributed by atoms with Gasteiger partial charge < -0.3 is 35.1 Å². The van der Waals surface area contributed by atoms with E-state index in [4.69, 9.17) is 19.9 Å². The normalized spacial score (nSPS) is 24.9. The first kappa shape index (κ1) is 29.4. The van der Waals surface area contributed by atoms with Gasteiger partial charge in [-0.05, 0) is 73.9 Å². The molecule has 1 aliphatic carbocycles. The molecule has 0 aromatic heterocycles. The molecule has 39 heavy (non-hydrogen) atoms. The molecule has 4 rings (SSSR count). The lowest BCUT2D eigenvalue weighted by atomic mass is 9.91. The number of morpholine rings is 1. The minimum absolute atomic E-state index is 0.0339. The third-order valence-corrected chi connectivity index (χ3v) is 7.98. The lowest BCUT2D eigenvalue weighted by Crippen LogP contribution is -2.51. The highest BCUT2D eigenvalue weighted by Gasteiger charge is 2.39. The average molecular weight is 545 g/mol. The summed E-state index contributed by atoms with van der Waals surface area (Å²) >= 11 is 0. The van der Waals surface area contributed by atoms with E-state index in [0.717, 1.165) is 16.7 Å². The molecular weight excluding hydrogens is 503 g/mol. The van der Waals surface area contributed by atoms with Crippen molar-refractivity contribution < 1.29 is 33.6 Å². The molecule has 9 heteroatoms. The van der Waals surface area contributed by atoms with E-state index in [1.165, 1.54) is 6.07 Å². The molecule has 2 aliphatic rings. The quantitative estimate of drug-likeness (QED) is 0.420. The van der Waals surface area contributed by atoms with Gasteiger partial charge in [-0.2, -0.15) is 0 Å². The molecule has 1 heterocycles. The minimum Gasteiger partial charge on any atom is -0.497 e. The van der Waals surface area contributed by atoms with Crippen LogP contribution in [0.1, 0.15) is 49.3 Å². The van der Waals surface area contributed by atoms with Gasteiger partial charge in [-0.3, -0.25) is 4.79 Å². The number of methoxy groups -OCH3 is 2. The van der Waals surface area contributed by atoms with Crippen molar-refractivity contribution in [2.24, 2.45) is 11.7 Å². The van der Waals surface area contributed by atoms with Crippen molar-refractivity contribution in [1.29, 1.82) is 0 Å². The molecule has 2 aromatic rings. The Morgan fingerprint density at radius 1 is 1.23 bits per heavy atom. The van der Waals surface area contributed by atoms with Crippen molar-refractivity contribution in [2.75, 3.05) is 33.9 Å². The van der Waals surface area contributed by atoms with E-state index >= 15 is 4.39 Å². The standard InChI is InChI=1S/C30H41FN2O6/c1-18-12-19(14-21(13-18)37-2)29-22(6-4-7-23(29)31)27(38-3)9-5-8-25(34)28-17-33(10-11-39-28)30(36)20-15-24(32)26(35)16-20/h4,6-7,12-14,20,24-28,34-35H,5,8-11,15-17,32H2,1-3H3. The molecule has 1 amide bonds. The molecule has 8 nitrogen and oxygen atoms in total. The molecule has 214 valence electrons. The van der Waals surface area contributed by atoms with Crippen LogP contribution in [0.2, 0.25) is 0 Å². The summed E-state index contributed by atoms with van der Waals surface area (Å²) < 4.78 is 32.1. The van der Waals surface area contributed by atoms with E-state index in [0.29, 0.717) is 63.1 Å². The number of aryl methyl sites for hydroxylation is 1. The van der Waals surface area contributed by atoms with E-state index < -0.39 is 18.3 Å². The molecule has 1 saturated carbocycles. The average Bonchev–Trinajstić information content (AvgIpc) is 3.27. The van der Waals surface area contributed by atoms with Crippen LogP contribution >= 0.6 is 0 Å². The SMILES string of the molecule is COc1cc(C)cc(-c2c(F)cccc2C(CCCC(O)C2CN(C(=O)C3CC(N)C(O)C3)CCO2)OC)c1. The first-order valence-corrected chi connectivity index (χ1v) is 13.7. The summed E-state index contributed by atoms with van der Waals surface area (Å²) in [5.41, 5.74) is 8.79. The van der Waals surface area contributed by atoms with E-state index in [2.05, 4.69) is 0 Å². The molecule has 0 radical (unpaired) electrons. The van der Waals surface area contributed by atoms with Crippen molar-refractivity contribution in [3.8, 4) is 16.9 Å². The summed E-state index contributed by atoms with van der Waals surface area (Å²) in [4.78, 5) is 14.7. The molecule has 6 atom stereocenters. The molecule has 2 aromatic carbocycles.